The van der Waals surface area contributed by atoms with Crippen LogP contribution in [0.25, 0.3) is 0 Å². The first-order chi connectivity index (χ1) is 10.7. The average molecular weight is 307 g/mol. The van der Waals surface area contributed by atoms with E-state index in [1.54, 1.807) is 0 Å². The molecule has 2 amide bonds. The molecule has 0 aromatic heterocycles. The van der Waals surface area contributed by atoms with Crippen molar-refractivity contribution in [2.75, 3.05) is 39.3 Å². The monoisotopic (exact) mass is 307 g/mol. The van der Waals surface area contributed by atoms with Crippen LogP contribution < -0.4 is 5.32 Å². The summed E-state index contributed by atoms with van der Waals surface area (Å²) in [5.74, 6) is 1.46. The molecule has 0 aromatic carbocycles. The second-order valence-electron chi connectivity index (χ2n) is 7.19. The lowest BCUT2D eigenvalue weighted by Gasteiger charge is -2.40. The molecule has 0 radical (unpaired) electrons. The van der Waals surface area contributed by atoms with Gasteiger partial charge in [0.05, 0.1) is 0 Å². The number of nitrogens with one attached hydrogen (secondary N) is 1. The molecule has 124 valence electrons. The zero-order valence-corrected chi connectivity index (χ0v) is 13.7. The van der Waals surface area contributed by atoms with E-state index in [0.29, 0.717) is 24.9 Å². The Labute approximate surface area is 133 Å². The summed E-state index contributed by atoms with van der Waals surface area (Å²) < 4.78 is 0. The third kappa shape index (κ3) is 3.29. The van der Waals surface area contributed by atoms with E-state index in [-0.39, 0.29) is 17.7 Å². The summed E-state index contributed by atoms with van der Waals surface area (Å²) in [6.07, 6.45) is 5.79. The highest BCUT2D eigenvalue weighted by Gasteiger charge is 2.34. The number of hydrogen-bond acceptors (Lipinski definition) is 3. The Morgan fingerprint density at radius 1 is 0.955 bits per heavy atom. The van der Waals surface area contributed by atoms with Crippen molar-refractivity contribution >= 4 is 11.8 Å². The Hall–Kier alpha value is -1.10. The summed E-state index contributed by atoms with van der Waals surface area (Å²) in [5, 5.41) is 3.23. The van der Waals surface area contributed by atoms with Crippen LogP contribution in [0.3, 0.4) is 0 Å². The molecule has 1 saturated carbocycles. The molecule has 1 atom stereocenters. The van der Waals surface area contributed by atoms with Gasteiger partial charge >= 0.3 is 0 Å². The molecule has 0 spiro atoms. The number of piperazine rings is 1. The van der Waals surface area contributed by atoms with Crippen molar-refractivity contribution in [2.45, 2.75) is 39.0 Å². The topological polar surface area (TPSA) is 52.7 Å². The van der Waals surface area contributed by atoms with E-state index in [0.717, 1.165) is 39.0 Å². The first-order valence-electron chi connectivity index (χ1n) is 8.95. The molecule has 2 aliphatic heterocycles. The van der Waals surface area contributed by atoms with E-state index in [1.807, 2.05) is 16.7 Å². The van der Waals surface area contributed by atoms with Gasteiger partial charge in [0, 0.05) is 38.0 Å². The molecule has 5 nitrogen and oxygen atoms in total. The molecule has 2 saturated heterocycles. The summed E-state index contributed by atoms with van der Waals surface area (Å²) >= 11 is 0. The minimum Gasteiger partial charge on any atom is -0.339 e. The molecule has 1 aliphatic carbocycles. The molecule has 3 fully saturated rings. The van der Waals surface area contributed by atoms with Crippen LogP contribution in [0.5, 0.6) is 0 Å². The normalized spacial score (nSPS) is 25.7. The van der Waals surface area contributed by atoms with Crippen LogP contribution in [-0.4, -0.2) is 60.9 Å². The van der Waals surface area contributed by atoms with Crippen molar-refractivity contribution in [3.8, 4) is 0 Å². The third-order valence-electron chi connectivity index (χ3n) is 5.77. The van der Waals surface area contributed by atoms with Gasteiger partial charge in [-0.25, -0.2) is 0 Å². The highest BCUT2D eigenvalue weighted by atomic mass is 16.2. The Kier molecular flexibility index (Phi) is 5.01. The van der Waals surface area contributed by atoms with Crippen molar-refractivity contribution < 1.29 is 9.59 Å². The fourth-order valence-corrected chi connectivity index (χ4v) is 3.91. The van der Waals surface area contributed by atoms with E-state index in [1.165, 1.54) is 19.3 Å². The molecule has 2 heterocycles. The lowest BCUT2D eigenvalue weighted by atomic mass is 9.87. The van der Waals surface area contributed by atoms with Crippen molar-refractivity contribution in [3.63, 3.8) is 0 Å². The number of carbonyl (C=O) groups excluding carboxylic acids is 2. The molecule has 1 N–H and O–H groups in total. The van der Waals surface area contributed by atoms with Gasteiger partial charge in [-0.3, -0.25) is 9.59 Å². The Morgan fingerprint density at radius 2 is 1.55 bits per heavy atom. The Balaban J connectivity index is 1.47. The van der Waals surface area contributed by atoms with E-state index < -0.39 is 0 Å². The summed E-state index contributed by atoms with van der Waals surface area (Å²) in [6.45, 7) is 6.84. The number of nitrogens with zero attached hydrogens (tertiary/aromatic N) is 2. The van der Waals surface area contributed by atoms with Crippen molar-refractivity contribution in [3.05, 3.63) is 0 Å². The van der Waals surface area contributed by atoms with Gasteiger partial charge in [0.25, 0.3) is 0 Å². The van der Waals surface area contributed by atoms with Gasteiger partial charge in [-0.05, 0) is 31.8 Å². The standard InChI is InChI=1S/C17H29N3O2/c1-13(15-11-18-12-15)16(21)19-7-9-20(10-8-19)17(22)14-5-3-2-4-6-14/h13-15,18H,2-12H2,1H3. The smallest absolute Gasteiger partial charge is 0.225 e. The largest absolute Gasteiger partial charge is 0.339 e. The van der Waals surface area contributed by atoms with Crippen LogP contribution in [0.4, 0.5) is 0 Å². The highest BCUT2D eigenvalue weighted by Crippen LogP contribution is 2.26. The molecule has 1 unspecified atom stereocenters. The summed E-state index contributed by atoms with van der Waals surface area (Å²) in [5.41, 5.74) is 0. The van der Waals surface area contributed by atoms with Crippen LogP contribution in [0.1, 0.15) is 39.0 Å². The zero-order valence-electron chi connectivity index (χ0n) is 13.7. The van der Waals surface area contributed by atoms with E-state index in [2.05, 4.69) is 5.32 Å². The van der Waals surface area contributed by atoms with Crippen LogP contribution in [-0.2, 0) is 9.59 Å². The highest BCUT2D eigenvalue weighted by molar-refractivity contribution is 5.81. The van der Waals surface area contributed by atoms with Crippen molar-refractivity contribution in [1.29, 1.82) is 0 Å². The minimum absolute atomic E-state index is 0.113. The predicted molar refractivity (Wildman–Crippen MR) is 85.3 cm³/mol. The second kappa shape index (κ2) is 6.99. The van der Waals surface area contributed by atoms with Gasteiger partial charge in [-0.1, -0.05) is 26.2 Å². The fourth-order valence-electron chi connectivity index (χ4n) is 3.91. The Morgan fingerprint density at radius 3 is 2.09 bits per heavy atom. The third-order valence-corrected chi connectivity index (χ3v) is 5.77. The number of hydrogen-bond donors (Lipinski definition) is 1. The van der Waals surface area contributed by atoms with Crippen LogP contribution in [0.2, 0.25) is 0 Å². The second-order valence-corrected chi connectivity index (χ2v) is 7.19. The summed E-state index contributed by atoms with van der Waals surface area (Å²) in [4.78, 5) is 29.0. The first kappa shape index (κ1) is 15.8. The number of carbonyl (C=O) groups is 2. The Bertz CT molecular complexity index is 386. The van der Waals surface area contributed by atoms with Gasteiger partial charge in [0.2, 0.25) is 11.8 Å². The molecular weight excluding hydrogens is 278 g/mol. The zero-order chi connectivity index (χ0) is 15.5. The SMILES string of the molecule is CC(C(=O)N1CCN(C(=O)C2CCCCC2)CC1)C1CNC1. The number of rotatable bonds is 3. The lowest BCUT2D eigenvalue weighted by Crippen LogP contribution is -2.56. The average Bonchev–Trinajstić information content (AvgIpc) is 2.53. The minimum atomic E-state index is 0.113. The van der Waals surface area contributed by atoms with Gasteiger partial charge in [-0.2, -0.15) is 0 Å². The number of amides is 2. The predicted octanol–water partition coefficient (Wildman–Crippen LogP) is 1.09. The van der Waals surface area contributed by atoms with E-state index in [9.17, 15) is 9.59 Å². The fraction of sp³-hybridized carbons (Fsp3) is 0.882. The van der Waals surface area contributed by atoms with Gasteiger partial charge in [0.15, 0.2) is 0 Å². The molecule has 22 heavy (non-hydrogen) atoms. The molecule has 0 aromatic rings. The quantitative estimate of drug-likeness (QED) is 0.849. The summed E-state index contributed by atoms with van der Waals surface area (Å²) in [6, 6.07) is 0. The van der Waals surface area contributed by atoms with Crippen molar-refractivity contribution in [1.82, 2.24) is 15.1 Å². The van der Waals surface area contributed by atoms with Gasteiger partial charge in [0.1, 0.15) is 0 Å². The van der Waals surface area contributed by atoms with E-state index >= 15 is 0 Å². The maximum Gasteiger partial charge on any atom is 0.225 e. The molecular formula is C17H29N3O2. The lowest BCUT2D eigenvalue weighted by molar-refractivity contribution is -0.145. The molecule has 5 heteroatoms. The maximum atomic E-state index is 12.5. The van der Waals surface area contributed by atoms with Crippen LogP contribution in [0.15, 0.2) is 0 Å². The van der Waals surface area contributed by atoms with Gasteiger partial charge in [-0.15, -0.1) is 0 Å². The van der Waals surface area contributed by atoms with Crippen LogP contribution in [0, 0.1) is 17.8 Å². The molecule has 3 rings (SSSR count). The van der Waals surface area contributed by atoms with Crippen LogP contribution >= 0.6 is 0 Å². The maximum absolute atomic E-state index is 12.5. The summed E-state index contributed by atoms with van der Waals surface area (Å²) in [7, 11) is 0. The van der Waals surface area contributed by atoms with Crippen molar-refractivity contribution in [2.24, 2.45) is 17.8 Å². The molecule has 3 aliphatic rings. The first-order valence-corrected chi connectivity index (χ1v) is 8.95. The van der Waals surface area contributed by atoms with E-state index in [4.69, 9.17) is 0 Å². The molecule has 0 bridgehead atoms. The van der Waals surface area contributed by atoms with Gasteiger partial charge < -0.3 is 15.1 Å².